The number of nitrogens with zero attached hydrogens (tertiary/aromatic N) is 1. The van der Waals surface area contributed by atoms with E-state index >= 15 is 0 Å². The Hall–Kier alpha value is -2.01. The van der Waals surface area contributed by atoms with Gasteiger partial charge in [-0.25, -0.2) is 14.2 Å². The number of amides is 1. The Bertz CT molecular complexity index is 841. The lowest BCUT2D eigenvalue weighted by atomic mass is 9.78. The fourth-order valence-corrected chi connectivity index (χ4v) is 4.57. The second-order valence-electron chi connectivity index (χ2n) is 7.90. The summed E-state index contributed by atoms with van der Waals surface area (Å²) in [5, 5.41) is 2.46. The lowest BCUT2D eigenvalue weighted by Gasteiger charge is -2.37. The van der Waals surface area contributed by atoms with Crippen LogP contribution in [0, 0.1) is 11.7 Å². The second kappa shape index (κ2) is 7.35. The summed E-state index contributed by atoms with van der Waals surface area (Å²) in [7, 11) is 0. The van der Waals surface area contributed by atoms with Crippen LogP contribution < -0.4 is 11.1 Å². The number of hydrogen-bond acceptors (Lipinski definition) is 6. The quantitative estimate of drug-likeness (QED) is 0.518. The van der Waals surface area contributed by atoms with Crippen molar-refractivity contribution in [3.8, 4) is 0 Å². The van der Waals surface area contributed by atoms with Crippen LogP contribution in [0.4, 0.5) is 28.0 Å². The van der Waals surface area contributed by atoms with Gasteiger partial charge in [-0.2, -0.15) is 13.2 Å². The first-order valence-electron chi connectivity index (χ1n) is 8.78. The number of aliphatic imine (C=N–C) groups is 1. The second-order valence-corrected chi connectivity index (χ2v) is 8.91. The van der Waals surface area contributed by atoms with Gasteiger partial charge in [0.2, 0.25) is 0 Å². The molecule has 3 rings (SSSR count). The average molecular weight is 435 g/mol. The fraction of sp³-hybridized carbons (Fsp3) is 0.556. The van der Waals surface area contributed by atoms with Crippen LogP contribution in [-0.2, 0) is 15.0 Å². The van der Waals surface area contributed by atoms with E-state index in [2.05, 4.69) is 10.3 Å². The maximum atomic E-state index is 14.6. The third-order valence-electron chi connectivity index (χ3n) is 4.55. The van der Waals surface area contributed by atoms with Gasteiger partial charge in [0.25, 0.3) is 0 Å². The molecule has 0 aliphatic carbocycles. The number of rotatable bonds is 1. The number of alkyl halides is 3. The van der Waals surface area contributed by atoms with Crippen molar-refractivity contribution in [3.63, 3.8) is 0 Å². The molecule has 2 heterocycles. The van der Waals surface area contributed by atoms with Crippen molar-refractivity contribution in [1.29, 1.82) is 0 Å². The Labute approximate surface area is 169 Å². The van der Waals surface area contributed by atoms with E-state index in [1.807, 2.05) is 0 Å². The first-order valence-corrected chi connectivity index (χ1v) is 9.77. The highest BCUT2D eigenvalue weighted by Gasteiger charge is 2.62. The highest BCUT2D eigenvalue weighted by Crippen LogP contribution is 2.52. The number of ether oxygens (including phenoxy) is 2. The number of amidine groups is 1. The molecule has 0 saturated carbocycles. The summed E-state index contributed by atoms with van der Waals surface area (Å²) in [6.45, 7) is 4.50. The summed E-state index contributed by atoms with van der Waals surface area (Å²) in [5.74, 6) is -2.02. The Morgan fingerprint density at radius 2 is 2.07 bits per heavy atom. The van der Waals surface area contributed by atoms with Gasteiger partial charge in [0.1, 0.15) is 17.0 Å². The molecule has 160 valence electrons. The standard InChI is InChI=1S/C18H21F4N3O3S/c1-16(2,3)28-15(26)24-14-25-17(10-6-9(23)4-5-12(10)19)8-27-13(18(20,21)22)11(17)7-29-14/h4-6,11,13H,7-8,23H2,1-3H3,(H,24,25,26)/t11-,13+,17-/m1/s1. The monoisotopic (exact) mass is 435 g/mol. The maximum Gasteiger partial charge on any atom is 0.415 e. The molecule has 0 unspecified atom stereocenters. The number of alkyl carbamates (subject to hydrolysis) is 1. The molecular formula is C18H21F4N3O3S. The summed E-state index contributed by atoms with van der Waals surface area (Å²) in [4.78, 5) is 16.4. The molecule has 3 atom stereocenters. The van der Waals surface area contributed by atoms with Gasteiger partial charge in [-0.15, -0.1) is 0 Å². The van der Waals surface area contributed by atoms with Gasteiger partial charge >= 0.3 is 12.3 Å². The van der Waals surface area contributed by atoms with Gasteiger partial charge < -0.3 is 15.2 Å². The van der Waals surface area contributed by atoms with Crippen LogP contribution in [0.3, 0.4) is 0 Å². The van der Waals surface area contributed by atoms with Gasteiger partial charge in [0, 0.05) is 22.9 Å². The Morgan fingerprint density at radius 3 is 2.69 bits per heavy atom. The zero-order valence-electron chi connectivity index (χ0n) is 16.0. The fourth-order valence-electron chi connectivity index (χ4n) is 3.40. The minimum atomic E-state index is -4.64. The molecule has 6 nitrogen and oxygen atoms in total. The Kier molecular flexibility index (Phi) is 5.50. The SMILES string of the molecule is CC(C)(C)OC(=O)NC1=N[C@@]2(c3cc(N)ccc3F)CO[C@H](C(F)(F)F)[C@H]2CS1. The van der Waals surface area contributed by atoms with E-state index in [0.29, 0.717) is 0 Å². The molecule has 1 saturated heterocycles. The summed E-state index contributed by atoms with van der Waals surface area (Å²) in [6, 6.07) is 3.65. The van der Waals surface area contributed by atoms with Crippen molar-refractivity contribution in [3.05, 3.63) is 29.6 Å². The molecule has 0 radical (unpaired) electrons. The normalized spacial score (nSPS) is 27.2. The van der Waals surface area contributed by atoms with Crippen LogP contribution in [0.15, 0.2) is 23.2 Å². The van der Waals surface area contributed by atoms with Gasteiger partial charge in [-0.3, -0.25) is 5.32 Å². The van der Waals surface area contributed by atoms with E-state index in [4.69, 9.17) is 15.2 Å². The van der Waals surface area contributed by atoms with E-state index < -0.39 is 47.9 Å². The lowest BCUT2D eigenvalue weighted by Crippen LogP contribution is -2.47. The lowest BCUT2D eigenvalue weighted by molar-refractivity contribution is -0.215. The summed E-state index contributed by atoms with van der Waals surface area (Å²) >= 11 is 0.921. The first kappa shape index (κ1) is 21.7. The molecular weight excluding hydrogens is 414 g/mol. The van der Waals surface area contributed by atoms with E-state index in [1.54, 1.807) is 20.8 Å². The van der Waals surface area contributed by atoms with Crippen molar-refractivity contribution in [2.75, 3.05) is 18.1 Å². The van der Waals surface area contributed by atoms with Crippen LogP contribution in [0.1, 0.15) is 26.3 Å². The number of halogens is 4. The van der Waals surface area contributed by atoms with Gasteiger partial charge in [-0.05, 0) is 39.0 Å². The van der Waals surface area contributed by atoms with E-state index in [-0.39, 0.29) is 22.2 Å². The molecule has 11 heteroatoms. The van der Waals surface area contributed by atoms with Crippen LogP contribution >= 0.6 is 11.8 Å². The summed E-state index contributed by atoms with van der Waals surface area (Å²) < 4.78 is 65.4. The molecule has 29 heavy (non-hydrogen) atoms. The van der Waals surface area contributed by atoms with Crippen molar-refractivity contribution in [2.24, 2.45) is 10.9 Å². The zero-order valence-corrected chi connectivity index (χ0v) is 16.8. The largest absolute Gasteiger partial charge is 0.444 e. The van der Waals surface area contributed by atoms with Gasteiger partial charge in [0.15, 0.2) is 11.3 Å². The Balaban J connectivity index is 2.02. The van der Waals surface area contributed by atoms with Crippen molar-refractivity contribution < 1.29 is 31.8 Å². The number of anilines is 1. The zero-order chi connectivity index (χ0) is 21.6. The molecule has 0 bridgehead atoms. The highest BCUT2D eigenvalue weighted by molar-refractivity contribution is 8.13. The van der Waals surface area contributed by atoms with Crippen molar-refractivity contribution in [1.82, 2.24) is 5.32 Å². The van der Waals surface area contributed by atoms with Crippen LogP contribution in [-0.4, -0.2) is 41.5 Å². The molecule has 0 aromatic heterocycles. The molecule has 1 aromatic rings. The number of carbonyl (C=O) groups excluding carboxylic acids is 1. The minimum Gasteiger partial charge on any atom is -0.444 e. The molecule has 2 aliphatic rings. The topological polar surface area (TPSA) is 85.9 Å². The molecule has 0 spiro atoms. The smallest absolute Gasteiger partial charge is 0.415 e. The van der Waals surface area contributed by atoms with Gasteiger partial charge in [-0.1, -0.05) is 11.8 Å². The summed E-state index contributed by atoms with van der Waals surface area (Å²) in [6.07, 6.45) is -7.56. The van der Waals surface area contributed by atoms with Crippen LogP contribution in [0.25, 0.3) is 0 Å². The predicted octanol–water partition coefficient (Wildman–Crippen LogP) is 3.81. The van der Waals surface area contributed by atoms with Crippen molar-refractivity contribution >= 4 is 28.7 Å². The number of benzene rings is 1. The number of nitrogen functional groups attached to an aromatic ring is 1. The molecule has 1 amide bonds. The first-order chi connectivity index (χ1) is 13.3. The third kappa shape index (κ3) is 4.45. The number of nitrogens with two attached hydrogens (primary N) is 1. The van der Waals surface area contributed by atoms with E-state index in [1.165, 1.54) is 12.1 Å². The number of carbonyl (C=O) groups is 1. The third-order valence-corrected chi connectivity index (χ3v) is 5.54. The maximum absolute atomic E-state index is 14.6. The van der Waals surface area contributed by atoms with Crippen molar-refractivity contribution in [2.45, 2.75) is 44.2 Å². The number of thioether (sulfide) groups is 1. The van der Waals surface area contributed by atoms with E-state index in [0.717, 1.165) is 17.8 Å². The predicted molar refractivity (Wildman–Crippen MR) is 101 cm³/mol. The van der Waals surface area contributed by atoms with Crippen LogP contribution in [0.2, 0.25) is 0 Å². The molecule has 3 N–H and O–H groups in total. The van der Waals surface area contributed by atoms with E-state index in [9.17, 15) is 22.4 Å². The number of nitrogens with one attached hydrogen (secondary N) is 1. The van der Waals surface area contributed by atoms with Crippen LogP contribution in [0.5, 0.6) is 0 Å². The summed E-state index contributed by atoms with van der Waals surface area (Å²) in [5.41, 5.74) is 3.38. The average Bonchev–Trinajstić information content (AvgIpc) is 2.95. The Morgan fingerprint density at radius 1 is 1.38 bits per heavy atom. The highest BCUT2D eigenvalue weighted by atomic mass is 32.2. The minimum absolute atomic E-state index is 0.0312. The molecule has 1 aromatic carbocycles. The molecule has 2 aliphatic heterocycles. The number of fused-ring (bicyclic) bond motifs is 1. The number of hydrogen-bond donors (Lipinski definition) is 2. The van der Waals surface area contributed by atoms with Gasteiger partial charge in [0.05, 0.1) is 6.61 Å². The molecule has 1 fully saturated rings.